The molecule has 2 N–H and O–H groups in total. The van der Waals surface area contributed by atoms with Crippen molar-refractivity contribution in [1.82, 2.24) is 9.90 Å². The van der Waals surface area contributed by atoms with Gasteiger partial charge in [-0.1, -0.05) is 22.0 Å². The molecule has 0 radical (unpaired) electrons. The minimum atomic E-state index is -4.43. The van der Waals surface area contributed by atoms with Crippen LogP contribution < -0.4 is 14.8 Å². The molecule has 0 unspecified atom stereocenters. The molecule has 0 spiro atoms. The Morgan fingerprint density at radius 2 is 1.70 bits per heavy atom. The number of benzene rings is 2. The first-order valence-corrected chi connectivity index (χ1v) is 7.70. The number of para-hydroxylation sites is 1. The highest BCUT2D eigenvalue weighted by Gasteiger charge is 2.30. The van der Waals surface area contributed by atoms with E-state index >= 15 is 0 Å². The van der Waals surface area contributed by atoms with Gasteiger partial charge in [0.05, 0.1) is 18.1 Å². The molecule has 27 heavy (non-hydrogen) atoms. The van der Waals surface area contributed by atoms with Crippen LogP contribution in [0.4, 0.5) is 13.2 Å². The van der Waals surface area contributed by atoms with Gasteiger partial charge in [-0.25, -0.2) is 4.79 Å². The highest BCUT2D eigenvalue weighted by molar-refractivity contribution is 5.84. The number of aromatic nitrogens is 3. The van der Waals surface area contributed by atoms with E-state index in [1.165, 1.54) is 23.9 Å². The first-order valence-electron chi connectivity index (χ1n) is 7.70. The summed E-state index contributed by atoms with van der Waals surface area (Å²) >= 11 is 0. The van der Waals surface area contributed by atoms with E-state index in [-0.39, 0.29) is 5.48 Å². The fourth-order valence-electron chi connectivity index (χ4n) is 2.94. The van der Waals surface area contributed by atoms with Crippen LogP contribution in [0.5, 0.6) is 5.75 Å². The first-order chi connectivity index (χ1) is 12.4. The van der Waals surface area contributed by atoms with Crippen LogP contribution in [-0.2, 0) is 6.18 Å². The summed E-state index contributed by atoms with van der Waals surface area (Å²) < 4.78 is 46.3. The van der Waals surface area contributed by atoms with Gasteiger partial charge in [-0.2, -0.15) is 13.2 Å². The van der Waals surface area contributed by atoms with Gasteiger partial charge in [0.15, 0.2) is 11.2 Å². The van der Waals surface area contributed by atoms with Gasteiger partial charge < -0.3 is 10.2 Å². The SMILES string of the molecule is COc1cc2c(=O)n(-c3ccc(C(F)(F)F)cc3)[nH][n+]2c2ccccc12.[OH-]. The number of hydrogen-bond acceptors (Lipinski definition) is 3. The predicted molar refractivity (Wildman–Crippen MR) is 90.5 cm³/mol. The van der Waals surface area contributed by atoms with Crippen molar-refractivity contribution in [1.29, 1.82) is 0 Å². The molecule has 2 aromatic heterocycles. The second-order valence-electron chi connectivity index (χ2n) is 5.74. The molecule has 0 saturated heterocycles. The van der Waals surface area contributed by atoms with Crippen LogP contribution in [0.2, 0.25) is 0 Å². The van der Waals surface area contributed by atoms with Gasteiger partial charge >= 0.3 is 11.7 Å². The lowest BCUT2D eigenvalue weighted by Crippen LogP contribution is -2.26. The number of ether oxygens (including phenoxy) is 1. The van der Waals surface area contributed by atoms with Crippen LogP contribution in [-0.4, -0.2) is 22.5 Å². The zero-order chi connectivity index (χ0) is 18.5. The number of rotatable bonds is 2. The maximum atomic E-state index is 12.8. The Bertz CT molecular complexity index is 1180. The molecule has 2 aromatic carbocycles. The van der Waals surface area contributed by atoms with Crippen molar-refractivity contribution < 1.29 is 27.9 Å². The second kappa shape index (κ2) is 6.44. The van der Waals surface area contributed by atoms with Gasteiger partial charge in [0.1, 0.15) is 5.75 Å². The van der Waals surface area contributed by atoms with Crippen LogP contribution >= 0.6 is 0 Å². The smallest absolute Gasteiger partial charge is 0.416 e. The molecule has 2 heterocycles. The van der Waals surface area contributed by atoms with Crippen LogP contribution in [0.1, 0.15) is 5.56 Å². The van der Waals surface area contributed by atoms with Gasteiger partial charge in [-0.3, -0.25) is 0 Å². The number of aromatic amines is 1. The van der Waals surface area contributed by atoms with Crippen molar-refractivity contribution in [3.8, 4) is 11.4 Å². The lowest BCUT2D eigenvalue weighted by atomic mass is 10.2. The van der Waals surface area contributed by atoms with Crippen molar-refractivity contribution in [2.45, 2.75) is 6.18 Å². The normalized spacial score (nSPS) is 11.6. The van der Waals surface area contributed by atoms with E-state index in [2.05, 4.69) is 5.21 Å². The average molecular weight is 377 g/mol. The maximum Gasteiger partial charge on any atom is 0.416 e. The molecule has 6 nitrogen and oxygen atoms in total. The summed E-state index contributed by atoms with van der Waals surface area (Å²) in [7, 11) is 1.51. The minimum absolute atomic E-state index is 0. The van der Waals surface area contributed by atoms with Crippen LogP contribution in [0, 0.1) is 0 Å². The molecule has 0 amide bonds. The van der Waals surface area contributed by atoms with Gasteiger partial charge in [-0.05, 0) is 36.4 Å². The molecular weight excluding hydrogens is 363 g/mol. The number of fused-ring (bicyclic) bond motifs is 3. The molecule has 0 aliphatic heterocycles. The largest absolute Gasteiger partial charge is 0.870 e. The Labute approximate surface area is 150 Å². The average Bonchev–Trinajstić information content (AvgIpc) is 2.97. The number of nitrogens with zero attached hydrogens (tertiary/aromatic N) is 2. The number of alkyl halides is 3. The summed E-state index contributed by atoms with van der Waals surface area (Å²) in [5.74, 6) is 0.538. The summed E-state index contributed by atoms with van der Waals surface area (Å²) in [4.78, 5) is 12.8. The zero-order valence-electron chi connectivity index (χ0n) is 14.0. The van der Waals surface area contributed by atoms with Crippen LogP contribution in [0.25, 0.3) is 22.1 Å². The van der Waals surface area contributed by atoms with E-state index in [1.54, 1.807) is 10.6 Å². The zero-order valence-corrected chi connectivity index (χ0v) is 14.0. The summed E-state index contributed by atoms with van der Waals surface area (Å²) in [5, 5.41) is 3.72. The predicted octanol–water partition coefficient (Wildman–Crippen LogP) is 2.91. The Morgan fingerprint density at radius 1 is 1.04 bits per heavy atom. The van der Waals surface area contributed by atoms with E-state index in [0.717, 1.165) is 17.5 Å². The number of hydrogen-bond donors (Lipinski definition) is 1. The number of halogens is 3. The molecule has 0 bridgehead atoms. The van der Waals surface area contributed by atoms with Crippen molar-refractivity contribution in [3.63, 3.8) is 0 Å². The number of H-pyrrole nitrogens is 1. The van der Waals surface area contributed by atoms with E-state index < -0.39 is 17.3 Å². The van der Waals surface area contributed by atoms with Crippen molar-refractivity contribution in [3.05, 3.63) is 70.5 Å². The molecule has 4 rings (SSSR count). The fourth-order valence-corrected chi connectivity index (χ4v) is 2.94. The molecule has 140 valence electrons. The van der Waals surface area contributed by atoms with E-state index in [0.29, 0.717) is 22.5 Å². The molecule has 0 aliphatic rings. The fraction of sp³-hybridized carbons (Fsp3) is 0.111. The summed E-state index contributed by atoms with van der Waals surface area (Å²) in [6.07, 6.45) is -4.43. The lowest BCUT2D eigenvalue weighted by Gasteiger charge is -2.05. The minimum Gasteiger partial charge on any atom is -0.870 e. The third-order valence-electron chi connectivity index (χ3n) is 4.21. The molecular formula is C18H14F3N3O3. The number of nitrogens with one attached hydrogen (secondary N) is 1. The van der Waals surface area contributed by atoms with Gasteiger partial charge in [0.2, 0.25) is 5.52 Å². The quantitative estimate of drug-likeness (QED) is 0.546. The van der Waals surface area contributed by atoms with Crippen LogP contribution in [0.3, 0.4) is 0 Å². The third-order valence-corrected chi connectivity index (χ3v) is 4.21. The number of methoxy groups -OCH3 is 1. The summed E-state index contributed by atoms with van der Waals surface area (Å²) in [6, 6.07) is 13.3. The molecule has 4 aromatic rings. The maximum absolute atomic E-state index is 12.8. The lowest BCUT2D eigenvalue weighted by molar-refractivity contribution is -0.555. The molecule has 0 aliphatic carbocycles. The van der Waals surface area contributed by atoms with Gasteiger partial charge in [0, 0.05) is 6.07 Å². The van der Waals surface area contributed by atoms with Crippen molar-refractivity contribution >= 4 is 16.4 Å². The topological polar surface area (TPSA) is 81.1 Å². The first kappa shape index (κ1) is 18.5. The third kappa shape index (κ3) is 2.91. The monoisotopic (exact) mass is 377 g/mol. The molecule has 0 saturated carbocycles. The van der Waals surface area contributed by atoms with E-state index in [1.807, 2.05) is 24.3 Å². The highest BCUT2D eigenvalue weighted by Crippen LogP contribution is 2.29. The van der Waals surface area contributed by atoms with E-state index in [9.17, 15) is 18.0 Å². The second-order valence-corrected chi connectivity index (χ2v) is 5.74. The van der Waals surface area contributed by atoms with Crippen molar-refractivity contribution in [2.75, 3.05) is 7.11 Å². The Balaban J connectivity index is 0.00000210. The summed E-state index contributed by atoms with van der Waals surface area (Å²) in [5.41, 5.74) is 0.166. The summed E-state index contributed by atoms with van der Waals surface area (Å²) in [6.45, 7) is 0. The molecule has 9 heteroatoms. The van der Waals surface area contributed by atoms with Crippen LogP contribution in [0.15, 0.2) is 59.4 Å². The van der Waals surface area contributed by atoms with E-state index in [4.69, 9.17) is 4.74 Å². The highest BCUT2D eigenvalue weighted by atomic mass is 19.4. The van der Waals surface area contributed by atoms with Crippen molar-refractivity contribution in [2.24, 2.45) is 0 Å². The Morgan fingerprint density at radius 3 is 2.33 bits per heavy atom. The van der Waals surface area contributed by atoms with Gasteiger partial charge in [0.25, 0.3) is 0 Å². The standard InChI is InChI=1S/C18H12F3N3O2.H2O/c1-26-16-10-15-17(25)23(12-8-6-11(7-9-12)18(19,20)21)22-24(15)14-5-3-2-4-13(14)16;/h2-10H,1H3;1H2. The molecule has 0 atom stereocenters. The Hall–Kier alpha value is -3.33. The molecule has 0 fully saturated rings. The number of pyridine rings is 1. The Kier molecular flexibility index (Phi) is 4.40. The van der Waals surface area contributed by atoms with Gasteiger partial charge in [-0.15, -0.1) is 4.52 Å².